The molecule has 2 aromatic carbocycles. The Bertz CT molecular complexity index is 976. The maximum atomic E-state index is 12.3. The highest BCUT2D eigenvalue weighted by Gasteiger charge is 2.06. The summed E-state index contributed by atoms with van der Waals surface area (Å²) < 4.78 is 10.4. The van der Waals surface area contributed by atoms with E-state index in [1.165, 1.54) is 19.6 Å². The van der Waals surface area contributed by atoms with Gasteiger partial charge in [-0.1, -0.05) is 18.2 Å². The first-order valence-electron chi connectivity index (χ1n) is 7.17. The fourth-order valence-electron chi connectivity index (χ4n) is 2.17. The second-order valence-electron chi connectivity index (χ2n) is 4.95. The smallest absolute Gasteiger partial charge is 0.271 e. The van der Waals surface area contributed by atoms with Gasteiger partial charge in [0, 0.05) is 5.56 Å². The number of hydrazone groups is 1. The third-order valence-corrected chi connectivity index (χ3v) is 3.41. The molecule has 120 valence electrons. The number of para-hydroxylation sites is 1. The second-order valence-corrected chi connectivity index (χ2v) is 4.95. The second kappa shape index (κ2) is 6.78. The van der Waals surface area contributed by atoms with Crippen molar-refractivity contribution in [1.82, 2.24) is 5.43 Å². The Balaban J connectivity index is 1.78. The molecule has 3 rings (SSSR count). The van der Waals surface area contributed by atoms with E-state index in [4.69, 9.17) is 9.15 Å². The van der Waals surface area contributed by atoms with Gasteiger partial charge in [-0.15, -0.1) is 0 Å². The third kappa shape index (κ3) is 3.17. The first-order chi connectivity index (χ1) is 11.7. The molecular formula is C18H14N2O4. The molecule has 6 heteroatoms. The lowest BCUT2D eigenvalue weighted by Crippen LogP contribution is -2.18. The Morgan fingerprint density at radius 3 is 2.88 bits per heavy atom. The first-order valence-corrected chi connectivity index (χ1v) is 7.17. The van der Waals surface area contributed by atoms with Crippen LogP contribution in [0.2, 0.25) is 0 Å². The summed E-state index contributed by atoms with van der Waals surface area (Å²) in [6.07, 6.45) is 2.57. The van der Waals surface area contributed by atoms with Crippen molar-refractivity contribution in [2.24, 2.45) is 5.10 Å². The van der Waals surface area contributed by atoms with E-state index in [0.29, 0.717) is 22.3 Å². The minimum absolute atomic E-state index is 0.212. The molecule has 0 atom stereocenters. The van der Waals surface area contributed by atoms with Crippen molar-refractivity contribution in [2.75, 3.05) is 7.11 Å². The zero-order chi connectivity index (χ0) is 16.9. The summed E-state index contributed by atoms with van der Waals surface area (Å²) >= 11 is 0. The Morgan fingerprint density at radius 1 is 1.21 bits per heavy atom. The van der Waals surface area contributed by atoms with Crippen molar-refractivity contribution < 1.29 is 13.9 Å². The topological polar surface area (TPSA) is 80.9 Å². The van der Waals surface area contributed by atoms with E-state index < -0.39 is 5.91 Å². The van der Waals surface area contributed by atoms with Crippen molar-refractivity contribution in [1.29, 1.82) is 0 Å². The van der Waals surface area contributed by atoms with Crippen molar-refractivity contribution >= 4 is 23.1 Å². The van der Waals surface area contributed by atoms with Gasteiger partial charge in [0.05, 0.1) is 24.3 Å². The minimum atomic E-state index is -0.407. The summed E-state index contributed by atoms with van der Waals surface area (Å²) in [5.41, 5.74) is 3.31. The Morgan fingerprint density at radius 2 is 2.04 bits per heavy atom. The number of hydrogen-bond donors (Lipinski definition) is 1. The van der Waals surface area contributed by atoms with Crippen molar-refractivity contribution in [3.05, 3.63) is 76.1 Å². The van der Waals surface area contributed by atoms with Gasteiger partial charge in [0.1, 0.15) is 17.6 Å². The molecule has 0 aliphatic heterocycles. The van der Waals surface area contributed by atoms with Crippen molar-refractivity contribution in [3.63, 3.8) is 0 Å². The van der Waals surface area contributed by atoms with Gasteiger partial charge >= 0.3 is 0 Å². The SMILES string of the molecule is COc1cccc(C(=O)N/N=C/c2coc3ccccc3c2=O)c1. The number of methoxy groups -OCH3 is 1. The van der Waals surface area contributed by atoms with Gasteiger partial charge in [-0.3, -0.25) is 9.59 Å². The number of fused-ring (bicyclic) bond motifs is 1. The number of carbonyl (C=O) groups is 1. The van der Waals surface area contributed by atoms with Gasteiger partial charge in [0.15, 0.2) is 0 Å². The normalized spacial score (nSPS) is 10.9. The van der Waals surface area contributed by atoms with Crippen LogP contribution in [0.4, 0.5) is 0 Å². The van der Waals surface area contributed by atoms with Crippen LogP contribution in [0.3, 0.4) is 0 Å². The lowest BCUT2D eigenvalue weighted by molar-refractivity contribution is 0.0955. The molecule has 0 unspecified atom stereocenters. The van der Waals surface area contributed by atoms with Crippen LogP contribution < -0.4 is 15.6 Å². The average Bonchev–Trinajstić information content (AvgIpc) is 2.63. The molecule has 0 radical (unpaired) electrons. The van der Waals surface area contributed by atoms with E-state index in [0.717, 1.165) is 0 Å². The molecule has 6 nitrogen and oxygen atoms in total. The fourth-order valence-corrected chi connectivity index (χ4v) is 2.17. The number of ether oxygens (including phenoxy) is 1. The highest BCUT2D eigenvalue weighted by molar-refractivity contribution is 5.95. The molecule has 1 N–H and O–H groups in total. The number of carbonyl (C=O) groups excluding carboxylic acids is 1. The third-order valence-electron chi connectivity index (χ3n) is 3.41. The van der Waals surface area contributed by atoms with Gasteiger partial charge in [-0.2, -0.15) is 5.10 Å². The molecule has 0 spiro atoms. The van der Waals surface area contributed by atoms with Gasteiger partial charge in [0.2, 0.25) is 5.43 Å². The summed E-state index contributed by atoms with van der Waals surface area (Å²) in [5, 5.41) is 4.27. The van der Waals surface area contributed by atoms with Crippen LogP contribution in [0.25, 0.3) is 11.0 Å². The van der Waals surface area contributed by atoms with Crippen LogP contribution in [-0.4, -0.2) is 19.2 Å². The zero-order valence-corrected chi connectivity index (χ0v) is 12.9. The lowest BCUT2D eigenvalue weighted by atomic mass is 10.2. The molecule has 3 aromatic rings. The molecule has 0 bridgehead atoms. The van der Waals surface area contributed by atoms with E-state index in [2.05, 4.69) is 10.5 Å². The summed E-state index contributed by atoms with van der Waals surface area (Å²) in [5.74, 6) is 0.164. The summed E-state index contributed by atoms with van der Waals surface area (Å²) in [6, 6.07) is 13.6. The summed E-state index contributed by atoms with van der Waals surface area (Å²) in [4.78, 5) is 24.3. The molecule has 0 aliphatic carbocycles. The number of rotatable bonds is 4. The van der Waals surface area contributed by atoms with E-state index in [-0.39, 0.29) is 11.0 Å². The van der Waals surface area contributed by atoms with Crippen molar-refractivity contribution in [3.8, 4) is 5.75 Å². The van der Waals surface area contributed by atoms with Crippen LogP contribution >= 0.6 is 0 Å². The largest absolute Gasteiger partial charge is 0.497 e. The van der Waals surface area contributed by atoms with Crippen LogP contribution in [0.15, 0.2) is 69.1 Å². The fraction of sp³-hybridized carbons (Fsp3) is 0.0556. The van der Waals surface area contributed by atoms with Crippen LogP contribution in [-0.2, 0) is 0 Å². The molecule has 24 heavy (non-hydrogen) atoms. The first kappa shape index (κ1) is 15.5. The Hall–Kier alpha value is -3.41. The van der Waals surface area contributed by atoms with Gasteiger partial charge in [0.25, 0.3) is 5.91 Å². The minimum Gasteiger partial charge on any atom is -0.497 e. The quantitative estimate of drug-likeness (QED) is 0.591. The van der Waals surface area contributed by atoms with Crippen LogP contribution in [0, 0.1) is 0 Å². The summed E-state index contributed by atoms with van der Waals surface area (Å²) in [7, 11) is 1.52. The highest BCUT2D eigenvalue weighted by Crippen LogP contribution is 2.12. The molecule has 1 amide bonds. The maximum absolute atomic E-state index is 12.3. The predicted octanol–water partition coefficient (Wildman–Crippen LogP) is 2.57. The van der Waals surface area contributed by atoms with E-state index in [1.807, 2.05) is 0 Å². The van der Waals surface area contributed by atoms with Gasteiger partial charge in [-0.25, -0.2) is 5.43 Å². The average molecular weight is 322 g/mol. The predicted molar refractivity (Wildman–Crippen MR) is 90.5 cm³/mol. The van der Waals surface area contributed by atoms with Crippen LogP contribution in [0.1, 0.15) is 15.9 Å². The lowest BCUT2D eigenvalue weighted by Gasteiger charge is -2.03. The molecule has 1 aromatic heterocycles. The number of nitrogens with one attached hydrogen (secondary N) is 1. The monoisotopic (exact) mass is 322 g/mol. The molecule has 0 fully saturated rings. The van der Waals surface area contributed by atoms with Gasteiger partial charge < -0.3 is 9.15 Å². The summed E-state index contributed by atoms with van der Waals surface area (Å²) in [6.45, 7) is 0. The Kier molecular flexibility index (Phi) is 4.38. The zero-order valence-electron chi connectivity index (χ0n) is 12.9. The van der Waals surface area contributed by atoms with Crippen LogP contribution in [0.5, 0.6) is 5.75 Å². The van der Waals surface area contributed by atoms with E-state index >= 15 is 0 Å². The number of nitrogens with zero attached hydrogens (tertiary/aromatic N) is 1. The van der Waals surface area contributed by atoms with Crippen molar-refractivity contribution in [2.45, 2.75) is 0 Å². The number of benzene rings is 2. The van der Waals surface area contributed by atoms with Gasteiger partial charge in [-0.05, 0) is 30.3 Å². The molecular weight excluding hydrogens is 308 g/mol. The number of amides is 1. The molecule has 1 heterocycles. The standard InChI is InChI=1S/C18H14N2O4/c1-23-14-6-4-5-12(9-14)18(22)20-19-10-13-11-24-16-8-3-2-7-15(16)17(13)21/h2-11H,1H3,(H,20,22)/b19-10+. The highest BCUT2D eigenvalue weighted by atomic mass is 16.5. The Labute approximate surface area is 137 Å². The van der Waals surface area contributed by atoms with E-state index in [9.17, 15) is 9.59 Å². The molecule has 0 saturated carbocycles. The molecule has 0 aliphatic rings. The number of hydrogen-bond acceptors (Lipinski definition) is 5. The van der Waals surface area contributed by atoms with E-state index in [1.54, 1.807) is 48.5 Å². The molecule has 0 saturated heterocycles. The maximum Gasteiger partial charge on any atom is 0.271 e.